The van der Waals surface area contributed by atoms with E-state index in [0.717, 1.165) is 11.5 Å². The van der Waals surface area contributed by atoms with Crippen LogP contribution in [0.1, 0.15) is 11.1 Å². The highest BCUT2D eigenvalue weighted by atomic mass is 35.5. The van der Waals surface area contributed by atoms with Crippen LogP contribution in [0.4, 0.5) is 17.5 Å². The molecule has 0 aliphatic heterocycles. The van der Waals surface area contributed by atoms with Gasteiger partial charge >= 0.3 is 0 Å². The van der Waals surface area contributed by atoms with Crippen LogP contribution in [0.15, 0.2) is 54.7 Å². The number of hydrogen-bond acceptors (Lipinski definition) is 4. The topological polar surface area (TPSA) is 49.8 Å². The van der Waals surface area contributed by atoms with Gasteiger partial charge in [0.25, 0.3) is 0 Å². The molecule has 2 N–H and O–H groups in total. The molecule has 0 spiro atoms. The summed E-state index contributed by atoms with van der Waals surface area (Å²) in [6.45, 7) is 2.80. The molecule has 0 saturated heterocycles. The van der Waals surface area contributed by atoms with Crippen molar-refractivity contribution >= 4 is 40.7 Å². The van der Waals surface area contributed by atoms with Crippen molar-refractivity contribution in [1.82, 2.24) is 9.97 Å². The third-order valence-electron chi connectivity index (χ3n) is 3.55. The average Bonchev–Trinajstić information content (AvgIpc) is 2.58. The molecule has 6 heteroatoms. The largest absolute Gasteiger partial charge is 0.366 e. The number of anilines is 3. The van der Waals surface area contributed by atoms with Crippen molar-refractivity contribution in [3.05, 3.63) is 75.9 Å². The van der Waals surface area contributed by atoms with E-state index in [4.69, 9.17) is 23.2 Å². The van der Waals surface area contributed by atoms with Gasteiger partial charge in [-0.15, -0.1) is 0 Å². The molecule has 122 valence electrons. The Bertz CT molecular complexity index is 852. The van der Waals surface area contributed by atoms with Crippen LogP contribution in [0.2, 0.25) is 10.0 Å². The van der Waals surface area contributed by atoms with E-state index in [1.165, 1.54) is 11.1 Å². The fourth-order valence-corrected chi connectivity index (χ4v) is 2.51. The molecular formula is C18H16Cl2N4. The molecular weight excluding hydrogens is 343 g/mol. The molecule has 1 aromatic heterocycles. The molecule has 0 unspecified atom stereocenters. The van der Waals surface area contributed by atoms with E-state index < -0.39 is 0 Å². The van der Waals surface area contributed by atoms with E-state index in [-0.39, 0.29) is 0 Å². The molecule has 0 saturated carbocycles. The molecule has 0 radical (unpaired) electrons. The van der Waals surface area contributed by atoms with Crippen molar-refractivity contribution in [1.29, 1.82) is 0 Å². The van der Waals surface area contributed by atoms with Gasteiger partial charge in [-0.25, -0.2) is 4.98 Å². The lowest BCUT2D eigenvalue weighted by atomic mass is 10.1. The highest BCUT2D eigenvalue weighted by Crippen LogP contribution is 2.26. The van der Waals surface area contributed by atoms with E-state index in [1.807, 2.05) is 24.3 Å². The second-order valence-corrected chi connectivity index (χ2v) is 6.11. The molecule has 0 aliphatic carbocycles. The average molecular weight is 359 g/mol. The van der Waals surface area contributed by atoms with Gasteiger partial charge in [0.1, 0.15) is 5.82 Å². The Morgan fingerprint density at radius 1 is 1.00 bits per heavy atom. The SMILES string of the molecule is Cc1ccccc1CNc1ccnc(Nc2ccc(Cl)c(Cl)c2)n1. The van der Waals surface area contributed by atoms with Crippen molar-refractivity contribution in [2.75, 3.05) is 10.6 Å². The van der Waals surface area contributed by atoms with Gasteiger partial charge in [0.15, 0.2) is 0 Å². The third-order valence-corrected chi connectivity index (χ3v) is 4.29. The number of nitrogens with one attached hydrogen (secondary N) is 2. The van der Waals surface area contributed by atoms with Crippen molar-refractivity contribution in [2.45, 2.75) is 13.5 Å². The van der Waals surface area contributed by atoms with Gasteiger partial charge in [0.05, 0.1) is 10.0 Å². The minimum absolute atomic E-state index is 0.482. The summed E-state index contributed by atoms with van der Waals surface area (Å²) in [5, 5.41) is 7.42. The van der Waals surface area contributed by atoms with Gasteiger partial charge < -0.3 is 10.6 Å². The standard InChI is InChI=1S/C18H16Cl2N4/c1-12-4-2-3-5-13(12)11-22-17-8-9-21-18(24-17)23-14-6-7-15(19)16(20)10-14/h2-10H,11H2,1H3,(H2,21,22,23,24). The lowest BCUT2D eigenvalue weighted by Gasteiger charge is -2.10. The number of benzene rings is 2. The molecule has 4 nitrogen and oxygen atoms in total. The molecule has 0 amide bonds. The van der Waals surface area contributed by atoms with E-state index in [1.54, 1.807) is 18.3 Å². The van der Waals surface area contributed by atoms with Crippen LogP contribution in [0.25, 0.3) is 0 Å². The van der Waals surface area contributed by atoms with E-state index in [0.29, 0.717) is 22.5 Å². The molecule has 1 heterocycles. The molecule has 2 aromatic carbocycles. The summed E-state index contributed by atoms with van der Waals surface area (Å²) in [7, 11) is 0. The molecule has 3 rings (SSSR count). The van der Waals surface area contributed by atoms with Gasteiger partial charge in [-0.1, -0.05) is 47.5 Å². The Labute approximate surface area is 150 Å². The van der Waals surface area contributed by atoms with Crippen molar-refractivity contribution in [2.24, 2.45) is 0 Å². The van der Waals surface area contributed by atoms with E-state index in [2.05, 4.69) is 39.7 Å². The Kier molecular flexibility index (Phi) is 5.18. The first-order chi connectivity index (χ1) is 11.6. The van der Waals surface area contributed by atoms with Gasteiger partial charge in [-0.2, -0.15) is 4.98 Å². The van der Waals surface area contributed by atoms with Crippen molar-refractivity contribution in [3.63, 3.8) is 0 Å². The zero-order valence-electron chi connectivity index (χ0n) is 13.1. The quantitative estimate of drug-likeness (QED) is 0.636. The maximum absolute atomic E-state index is 6.02. The summed E-state index contributed by atoms with van der Waals surface area (Å²) in [4.78, 5) is 8.68. The predicted octanol–water partition coefficient (Wildman–Crippen LogP) is 5.45. The van der Waals surface area contributed by atoms with Crippen LogP contribution < -0.4 is 10.6 Å². The van der Waals surface area contributed by atoms with Crippen LogP contribution in [0.5, 0.6) is 0 Å². The van der Waals surface area contributed by atoms with E-state index >= 15 is 0 Å². The summed E-state index contributed by atoms with van der Waals surface area (Å²) in [6, 6.07) is 15.4. The monoisotopic (exact) mass is 358 g/mol. The van der Waals surface area contributed by atoms with Crippen LogP contribution in [0.3, 0.4) is 0 Å². The molecule has 0 atom stereocenters. The Morgan fingerprint density at radius 3 is 2.62 bits per heavy atom. The fourth-order valence-electron chi connectivity index (χ4n) is 2.21. The molecule has 0 fully saturated rings. The van der Waals surface area contributed by atoms with Crippen LogP contribution >= 0.6 is 23.2 Å². The second-order valence-electron chi connectivity index (χ2n) is 5.30. The predicted molar refractivity (Wildman–Crippen MR) is 100 cm³/mol. The molecule has 0 bridgehead atoms. The number of aromatic nitrogens is 2. The van der Waals surface area contributed by atoms with Crippen LogP contribution in [0, 0.1) is 6.92 Å². The maximum atomic E-state index is 6.02. The minimum Gasteiger partial charge on any atom is -0.366 e. The number of halogens is 2. The summed E-state index contributed by atoms with van der Waals surface area (Å²) >= 11 is 11.9. The highest BCUT2D eigenvalue weighted by molar-refractivity contribution is 6.42. The summed E-state index contributed by atoms with van der Waals surface area (Å²) in [5.74, 6) is 1.24. The maximum Gasteiger partial charge on any atom is 0.229 e. The van der Waals surface area contributed by atoms with Gasteiger partial charge in [-0.3, -0.25) is 0 Å². The third kappa shape index (κ3) is 4.16. The first-order valence-corrected chi connectivity index (χ1v) is 8.21. The lowest BCUT2D eigenvalue weighted by Crippen LogP contribution is -2.05. The van der Waals surface area contributed by atoms with E-state index in [9.17, 15) is 0 Å². The van der Waals surface area contributed by atoms with Crippen LogP contribution in [-0.4, -0.2) is 9.97 Å². The normalized spacial score (nSPS) is 10.5. The first-order valence-electron chi connectivity index (χ1n) is 7.45. The number of rotatable bonds is 5. The summed E-state index contributed by atoms with van der Waals surface area (Å²) in [6.07, 6.45) is 1.70. The highest BCUT2D eigenvalue weighted by Gasteiger charge is 2.04. The zero-order valence-corrected chi connectivity index (χ0v) is 14.6. The Hall–Kier alpha value is -2.30. The summed E-state index contributed by atoms with van der Waals surface area (Å²) in [5.41, 5.74) is 3.25. The number of aryl methyl sites for hydroxylation is 1. The smallest absolute Gasteiger partial charge is 0.229 e. The Balaban J connectivity index is 1.69. The lowest BCUT2D eigenvalue weighted by molar-refractivity contribution is 1.07. The van der Waals surface area contributed by atoms with Gasteiger partial charge in [0.2, 0.25) is 5.95 Å². The van der Waals surface area contributed by atoms with Crippen molar-refractivity contribution in [3.8, 4) is 0 Å². The van der Waals surface area contributed by atoms with Gasteiger partial charge in [0, 0.05) is 18.4 Å². The molecule has 0 aliphatic rings. The Morgan fingerprint density at radius 2 is 1.83 bits per heavy atom. The first kappa shape index (κ1) is 16.6. The van der Waals surface area contributed by atoms with Gasteiger partial charge in [-0.05, 0) is 42.3 Å². The fraction of sp³-hybridized carbons (Fsp3) is 0.111. The molecule has 3 aromatic rings. The summed E-state index contributed by atoms with van der Waals surface area (Å²) < 4.78 is 0. The number of hydrogen-bond donors (Lipinski definition) is 2. The zero-order chi connectivity index (χ0) is 16.9. The van der Waals surface area contributed by atoms with Crippen molar-refractivity contribution < 1.29 is 0 Å². The second kappa shape index (κ2) is 7.51. The minimum atomic E-state index is 0.482. The number of nitrogens with zero attached hydrogens (tertiary/aromatic N) is 2. The van der Waals surface area contributed by atoms with Crippen LogP contribution in [-0.2, 0) is 6.54 Å². The molecule has 24 heavy (non-hydrogen) atoms.